The molecule has 0 aliphatic carbocycles. The second-order valence-corrected chi connectivity index (χ2v) is 6.45. The molecule has 0 unspecified atom stereocenters. The minimum absolute atomic E-state index is 0.405. The highest BCUT2D eigenvalue weighted by molar-refractivity contribution is 6.63. The summed E-state index contributed by atoms with van der Waals surface area (Å²) in [5, 5.41) is 0. The van der Waals surface area contributed by atoms with E-state index >= 15 is 0 Å². The zero-order chi connectivity index (χ0) is 17.3. The molecule has 0 spiro atoms. The van der Waals surface area contributed by atoms with Gasteiger partial charge in [0, 0.05) is 11.5 Å². The largest absolute Gasteiger partial charge is 0.498 e. The molecule has 0 aromatic heterocycles. The van der Waals surface area contributed by atoms with Gasteiger partial charge in [0.2, 0.25) is 0 Å². The minimum Gasteiger partial charge on any atom is -0.497 e. The van der Waals surface area contributed by atoms with E-state index in [1.54, 1.807) is 13.2 Å². The van der Waals surface area contributed by atoms with Gasteiger partial charge in [-0.3, -0.25) is 0 Å². The average Bonchev–Trinajstić information content (AvgIpc) is 2.72. The Morgan fingerprint density at radius 2 is 1.74 bits per heavy atom. The summed E-state index contributed by atoms with van der Waals surface area (Å²) >= 11 is 0. The van der Waals surface area contributed by atoms with E-state index in [-0.39, 0.29) is 0 Å². The van der Waals surface area contributed by atoms with E-state index in [1.165, 1.54) is 13.2 Å². The molecule has 0 saturated carbocycles. The van der Waals surface area contributed by atoms with Crippen molar-refractivity contribution >= 4 is 24.6 Å². The predicted octanol–water partition coefficient (Wildman–Crippen LogP) is 2.18. The first-order valence-electron chi connectivity index (χ1n) is 7.50. The molecule has 23 heavy (non-hydrogen) atoms. The first kappa shape index (κ1) is 17.6. The van der Waals surface area contributed by atoms with Crippen LogP contribution in [0.1, 0.15) is 33.3 Å². The molecule has 1 aromatic carbocycles. The van der Waals surface area contributed by atoms with Gasteiger partial charge in [-0.2, -0.15) is 0 Å². The van der Waals surface area contributed by atoms with Crippen molar-refractivity contribution in [3.8, 4) is 5.75 Å². The fourth-order valence-electron chi connectivity index (χ4n) is 2.24. The molecule has 0 amide bonds. The van der Waals surface area contributed by atoms with E-state index in [1.807, 2.05) is 45.9 Å². The molecular weight excluding hydrogens is 295 g/mol. The fraction of sp³-hybridized carbons (Fsp3) is 0.471. The molecule has 1 aliphatic rings. The van der Waals surface area contributed by atoms with Crippen molar-refractivity contribution in [1.29, 1.82) is 0 Å². The number of ether oxygens (including phenoxy) is 2. The van der Waals surface area contributed by atoms with Gasteiger partial charge in [0.05, 0.1) is 25.4 Å². The third kappa shape index (κ3) is 3.59. The van der Waals surface area contributed by atoms with Gasteiger partial charge in [0.1, 0.15) is 5.75 Å². The van der Waals surface area contributed by atoms with Gasteiger partial charge in [0.25, 0.3) is 0 Å². The summed E-state index contributed by atoms with van der Waals surface area (Å²) < 4.78 is 22.2. The molecule has 0 N–H and O–H groups in total. The molecule has 0 atom stereocenters. The highest BCUT2D eigenvalue weighted by Crippen LogP contribution is 2.37. The SMILES string of the molecule is COC(=O)/C=C/c1ccc(OC)c(B2OC(C)(C)C(C)(C)O2)c1. The highest BCUT2D eigenvalue weighted by atomic mass is 16.7. The van der Waals surface area contributed by atoms with E-state index in [4.69, 9.17) is 14.0 Å². The lowest BCUT2D eigenvalue weighted by Gasteiger charge is -2.32. The van der Waals surface area contributed by atoms with Crippen LogP contribution in [0, 0.1) is 0 Å². The summed E-state index contributed by atoms with van der Waals surface area (Å²) in [5.74, 6) is 0.275. The summed E-state index contributed by atoms with van der Waals surface area (Å²) in [6.45, 7) is 8.00. The maximum atomic E-state index is 11.2. The number of rotatable bonds is 4. The Morgan fingerprint density at radius 3 is 2.26 bits per heavy atom. The van der Waals surface area contributed by atoms with Crippen molar-refractivity contribution < 1.29 is 23.6 Å². The van der Waals surface area contributed by atoms with Crippen LogP contribution in [-0.4, -0.2) is 38.5 Å². The summed E-state index contributed by atoms with van der Waals surface area (Å²) in [4.78, 5) is 11.2. The predicted molar refractivity (Wildman–Crippen MR) is 89.8 cm³/mol. The van der Waals surface area contributed by atoms with Crippen molar-refractivity contribution in [3.05, 3.63) is 29.8 Å². The van der Waals surface area contributed by atoms with Crippen molar-refractivity contribution in [3.63, 3.8) is 0 Å². The molecule has 1 saturated heterocycles. The number of hydrogen-bond acceptors (Lipinski definition) is 5. The number of carbonyl (C=O) groups is 1. The van der Waals surface area contributed by atoms with Crippen LogP contribution in [0.15, 0.2) is 24.3 Å². The number of hydrogen-bond donors (Lipinski definition) is 0. The van der Waals surface area contributed by atoms with Crippen LogP contribution in [0.2, 0.25) is 0 Å². The van der Waals surface area contributed by atoms with Gasteiger partial charge in [-0.15, -0.1) is 0 Å². The Hall–Kier alpha value is -1.79. The van der Waals surface area contributed by atoms with E-state index < -0.39 is 24.3 Å². The first-order valence-corrected chi connectivity index (χ1v) is 7.50. The first-order chi connectivity index (χ1) is 10.7. The number of benzene rings is 1. The van der Waals surface area contributed by atoms with E-state index in [0.29, 0.717) is 5.75 Å². The Labute approximate surface area is 137 Å². The minimum atomic E-state index is -0.526. The molecule has 1 aliphatic heterocycles. The lowest BCUT2D eigenvalue weighted by atomic mass is 9.77. The maximum absolute atomic E-state index is 11.2. The molecule has 1 aromatic rings. The van der Waals surface area contributed by atoms with Gasteiger partial charge in [0.15, 0.2) is 0 Å². The van der Waals surface area contributed by atoms with Crippen molar-refractivity contribution in [2.24, 2.45) is 0 Å². The lowest BCUT2D eigenvalue weighted by Crippen LogP contribution is -2.41. The van der Waals surface area contributed by atoms with Crippen LogP contribution in [0.25, 0.3) is 6.08 Å². The molecular formula is C17H23BO5. The van der Waals surface area contributed by atoms with Crippen molar-refractivity contribution in [2.45, 2.75) is 38.9 Å². The Balaban J connectivity index is 2.34. The van der Waals surface area contributed by atoms with Crippen LogP contribution in [-0.2, 0) is 18.8 Å². The summed E-state index contributed by atoms with van der Waals surface area (Å²) in [6.07, 6.45) is 3.05. The van der Waals surface area contributed by atoms with E-state index in [9.17, 15) is 4.79 Å². The summed E-state index contributed by atoms with van der Waals surface area (Å²) in [7, 11) is 2.42. The molecule has 2 rings (SSSR count). The molecule has 0 radical (unpaired) electrons. The molecule has 1 fully saturated rings. The summed E-state index contributed by atoms with van der Waals surface area (Å²) in [6, 6.07) is 5.57. The average molecular weight is 318 g/mol. The van der Waals surface area contributed by atoms with Crippen LogP contribution in [0.4, 0.5) is 0 Å². The van der Waals surface area contributed by atoms with Crippen molar-refractivity contribution in [1.82, 2.24) is 0 Å². The zero-order valence-corrected chi connectivity index (χ0v) is 14.5. The van der Waals surface area contributed by atoms with E-state index in [2.05, 4.69) is 4.74 Å². The monoisotopic (exact) mass is 318 g/mol. The Morgan fingerprint density at radius 1 is 1.13 bits per heavy atom. The van der Waals surface area contributed by atoms with Gasteiger partial charge < -0.3 is 18.8 Å². The molecule has 0 bridgehead atoms. The highest BCUT2D eigenvalue weighted by Gasteiger charge is 2.52. The molecule has 5 nitrogen and oxygen atoms in total. The maximum Gasteiger partial charge on any atom is 0.498 e. The Bertz CT molecular complexity index is 605. The number of esters is 1. The fourth-order valence-corrected chi connectivity index (χ4v) is 2.24. The topological polar surface area (TPSA) is 54.0 Å². The summed E-state index contributed by atoms with van der Waals surface area (Å²) in [5.41, 5.74) is 0.764. The normalized spacial score (nSPS) is 19.1. The van der Waals surface area contributed by atoms with Crippen molar-refractivity contribution in [2.75, 3.05) is 14.2 Å². The smallest absolute Gasteiger partial charge is 0.497 e. The molecule has 124 valence electrons. The second kappa shape index (κ2) is 6.38. The van der Waals surface area contributed by atoms with Crippen LogP contribution in [0.3, 0.4) is 0 Å². The zero-order valence-electron chi connectivity index (χ0n) is 14.5. The van der Waals surface area contributed by atoms with E-state index in [0.717, 1.165) is 11.0 Å². The van der Waals surface area contributed by atoms with Gasteiger partial charge in [-0.1, -0.05) is 12.1 Å². The van der Waals surface area contributed by atoms with Gasteiger partial charge >= 0.3 is 13.1 Å². The standard InChI is InChI=1S/C17H23BO5/c1-16(2)17(3,4)23-18(22-16)13-11-12(7-9-14(13)20-5)8-10-15(19)21-6/h7-11H,1-6H3/b10-8+. The van der Waals surface area contributed by atoms with Crippen LogP contribution < -0.4 is 10.2 Å². The number of carbonyl (C=O) groups excluding carboxylic acids is 1. The molecule has 6 heteroatoms. The van der Waals surface area contributed by atoms with Crippen LogP contribution in [0.5, 0.6) is 5.75 Å². The van der Waals surface area contributed by atoms with Crippen LogP contribution >= 0.6 is 0 Å². The lowest BCUT2D eigenvalue weighted by molar-refractivity contribution is -0.134. The third-order valence-corrected chi connectivity index (χ3v) is 4.37. The van der Waals surface area contributed by atoms with Gasteiger partial charge in [-0.25, -0.2) is 4.79 Å². The molecule has 1 heterocycles. The Kier molecular flexibility index (Phi) is 4.87. The quantitative estimate of drug-likeness (QED) is 0.484. The number of methoxy groups -OCH3 is 2. The van der Waals surface area contributed by atoms with Gasteiger partial charge in [-0.05, 0) is 45.4 Å². The second-order valence-electron chi connectivity index (χ2n) is 6.45. The third-order valence-electron chi connectivity index (χ3n) is 4.37.